The van der Waals surface area contributed by atoms with Crippen molar-refractivity contribution < 1.29 is 14.3 Å². The van der Waals surface area contributed by atoms with Crippen LogP contribution in [0, 0.1) is 5.92 Å². The molecule has 0 aromatic heterocycles. The van der Waals surface area contributed by atoms with Crippen molar-refractivity contribution in [3.63, 3.8) is 0 Å². The Morgan fingerprint density at radius 3 is 1.97 bits per heavy atom. The van der Waals surface area contributed by atoms with E-state index >= 15 is 0 Å². The highest BCUT2D eigenvalue weighted by molar-refractivity contribution is 6.03. The maximum Gasteiger partial charge on any atom is 0.262 e. The third kappa shape index (κ3) is 6.04. The van der Waals surface area contributed by atoms with Crippen LogP contribution in [0.1, 0.15) is 36.5 Å². The lowest BCUT2D eigenvalue weighted by molar-refractivity contribution is -0.130. The van der Waals surface area contributed by atoms with Gasteiger partial charge in [0.25, 0.3) is 5.91 Å². The number of fused-ring (bicyclic) bond motifs is 1. The van der Waals surface area contributed by atoms with Gasteiger partial charge < -0.3 is 10.1 Å². The molecule has 2 amide bonds. The van der Waals surface area contributed by atoms with Crippen LogP contribution in [0.5, 0.6) is 5.75 Å². The topological polar surface area (TPSA) is 79.8 Å². The van der Waals surface area contributed by atoms with E-state index in [1.165, 1.54) is 0 Å². The molecule has 37 heavy (non-hydrogen) atoms. The van der Waals surface area contributed by atoms with Gasteiger partial charge >= 0.3 is 0 Å². The molecule has 0 radical (unpaired) electrons. The first-order valence-electron chi connectivity index (χ1n) is 12.3. The van der Waals surface area contributed by atoms with E-state index < -0.39 is 17.9 Å². The van der Waals surface area contributed by atoms with Crippen molar-refractivity contribution in [1.29, 1.82) is 0 Å². The Morgan fingerprint density at radius 1 is 0.784 bits per heavy atom. The zero-order chi connectivity index (χ0) is 26.2. The molecular formula is C31H31N3O3. The third-order valence-electron chi connectivity index (χ3n) is 6.29. The predicted molar refractivity (Wildman–Crippen MR) is 148 cm³/mol. The van der Waals surface area contributed by atoms with Crippen LogP contribution in [0.25, 0.3) is 10.8 Å². The summed E-state index contributed by atoms with van der Waals surface area (Å²) in [6, 6.07) is 30.1. The van der Waals surface area contributed by atoms with Gasteiger partial charge in [0.2, 0.25) is 5.91 Å². The maximum absolute atomic E-state index is 13.5. The Kier molecular flexibility index (Phi) is 8.31. The van der Waals surface area contributed by atoms with Crippen molar-refractivity contribution in [1.82, 2.24) is 10.7 Å². The Balaban J connectivity index is 1.54. The fourth-order valence-electron chi connectivity index (χ4n) is 4.37. The number of ether oxygens (including phenoxy) is 1. The smallest absolute Gasteiger partial charge is 0.262 e. The van der Waals surface area contributed by atoms with Gasteiger partial charge in [0.05, 0.1) is 19.2 Å². The highest BCUT2D eigenvalue weighted by atomic mass is 16.5. The molecule has 0 saturated carbocycles. The lowest BCUT2D eigenvalue weighted by atomic mass is 9.89. The second-order valence-electron chi connectivity index (χ2n) is 9.12. The first-order chi connectivity index (χ1) is 18.0. The summed E-state index contributed by atoms with van der Waals surface area (Å²) in [6.45, 7) is 3.78. The summed E-state index contributed by atoms with van der Waals surface area (Å²) < 4.78 is 5.50. The molecule has 4 aromatic carbocycles. The van der Waals surface area contributed by atoms with Crippen LogP contribution >= 0.6 is 0 Å². The minimum absolute atomic E-state index is 0.154. The summed E-state index contributed by atoms with van der Waals surface area (Å²) >= 11 is 0. The van der Waals surface area contributed by atoms with E-state index in [0.717, 1.165) is 27.5 Å². The second-order valence-corrected chi connectivity index (χ2v) is 9.12. The molecule has 0 fully saturated rings. The lowest BCUT2D eigenvalue weighted by Gasteiger charge is -2.24. The van der Waals surface area contributed by atoms with Crippen LogP contribution in [-0.2, 0) is 9.59 Å². The molecular weight excluding hydrogens is 462 g/mol. The van der Waals surface area contributed by atoms with Gasteiger partial charge in [0, 0.05) is 5.56 Å². The van der Waals surface area contributed by atoms with Crippen LogP contribution in [0.2, 0.25) is 0 Å². The van der Waals surface area contributed by atoms with Gasteiger partial charge in [-0.2, -0.15) is 5.10 Å². The summed E-state index contributed by atoms with van der Waals surface area (Å²) in [7, 11) is 1.60. The van der Waals surface area contributed by atoms with Crippen molar-refractivity contribution in [3.8, 4) is 5.75 Å². The SMILES string of the molecule is COc1ccc2ccccc2c1/C=N\NC(=O)[C@H](NC(=O)C(c1ccccc1)c1ccccc1)C(C)C. The molecule has 6 heteroatoms. The first kappa shape index (κ1) is 25.6. The number of hydrazone groups is 1. The fourth-order valence-corrected chi connectivity index (χ4v) is 4.37. The van der Waals surface area contributed by atoms with E-state index in [-0.39, 0.29) is 11.8 Å². The largest absolute Gasteiger partial charge is 0.496 e. The van der Waals surface area contributed by atoms with Crippen LogP contribution < -0.4 is 15.5 Å². The Hall–Kier alpha value is -4.45. The lowest BCUT2D eigenvalue weighted by Crippen LogP contribution is -2.50. The zero-order valence-corrected chi connectivity index (χ0v) is 21.2. The number of rotatable bonds is 9. The number of benzene rings is 4. The molecule has 0 saturated heterocycles. The van der Waals surface area contributed by atoms with Crippen LogP contribution in [0.4, 0.5) is 0 Å². The number of carbonyl (C=O) groups excluding carboxylic acids is 2. The predicted octanol–water partition coefficient (Wildman–Crippen LogP) is 5.27. The molecule has 0 aliphatic rings. The fraction of sp³-hybridized carbons (Fsp3) is 0.194. The van der Waals surface area contributed by atoms with Gasteiger partial charge in [-0.15, -0.1) is 0 Å². The summed E-state index contributed by atoms with van der Waals surface area (Å²) in [5, 5.41) is 9.18. The van der Waals surface area contributed by atoms with E-state index in [9.17, 15) is 9.59 Å². The van der Waals surface area contributed by atoms with Crippen molar-refractivity contribution in [3.05, 3.63) is 114 Å². The minimum Gasteiger partial charge on any atom is -0.496 e. The minimum atomic E-state index is -0.769. The van der Waals surface area contributed by atoms with Gasteiger partial charge in [-0.25, -0.2) is 5.43 Å². The molecule has 0 spiro atoms. The van der Waals surface area contributed by atoms with E-state index in [4.69, 9.17) is 4.74 Å². The van der Waals surface area contributed by atoms with Gasteiger partial charge in [-0.05, 0) is 33.9 Å². The molecule has 1 atom stereocenters. The number of methoxy groups -OCH3 is 1. The van der Waals surface area contributed by atoms with E-state index in [0.29, 0.717) is 5.75 Å². The summed E-state index contributed by atoms with van der Waals surface area (Å²) in [5.41, 5.74) is 5.09. The number of hydrogen-bond acceptors (Lipinski definition) is 4. The molecule has 6 nitrogen and oxygen atoms in total. The molecule has 0 heterocycles. The first-order valence-corrected chi connectivity index (χ1v) is 12.3. The number of carbonyl (C=O) groups is 2. The second kappa shape index (κ2) is 12.0. The molecule has 4 aromatic rings. The monoisotopic (exact) mass is 493 g/mol. The van der Waals surface area contributed by atoms with Crippen LogP contribution in [0.3, 0.4) is 0 Å². The third-order valence-corrected chi connectivity index (χ3v) is 6.29. The molecule has 0 unspecified atom stereocenters. The normalized spacial score (nSPS) is 12.1. The molecule has 4 rings (SSSR count). The highest BCUT2D eigenvalue weighted by Crippen LogP contribution is 2.27. The molecule has 188 valence electrons. The Labute approximate surface area is 217 Å². The summed E-state index contributed by atoms with van der Waals surface area (Å²) in [6.07, 6.45) is 1.58. The summed E-state index contributed by atoms with van der Waals surface area (Å²) in [4.78, 5) is 26.7. The number of nitrogens with zero attached hydrogens (tertiary/aromatic N) is 1. The summed E-state index contributed by atoms with van der Waals surface area (Å²) in [5.74, 6) is -0.679. The molecule has 2 N–H and O–H groups in total. The molecule has 0 aliphatic carbocycles. The number of nitrogens with one attached hydrogen (secondary N) is 2. The molecule has 0 bridgehead atoms. The van der Waals surface area contributed by atoms with Gasteiger partial charge in [0.1, 0.15) is 11.8 Å². The van der Waals surface area contributed by atoms with Crippen LogP contribution in [0.15, 0.2) is 102 Å². The highest BCUT2D eigenvalue weighted by Gasteiger charge is 2.29. The van der Waals surface area contributed by atoms with Gasteiger partial charge in [-0.1, -0.05) is 105 Å². The Morgan fingerprint density at radius 2 is 1.38 bits per heavy atom. The standard InChI is InChI=1S/C31H31N3O3/c1-21(2)29(33-30(35)28(23-13-6-4-7-14-23)24-15-8-5-9-16-24)31(36)34-32-20-26-25-17-11-10-12-22(25)18-19-27(26)37-3/h4-21,28-29H,1-3H3,(H,33,35)(H,34,36)/b32-20-/t29-/m1/s1. The number of hydrogen-bond donors (Lipinski definition) is 2. The number of amides is 2. The van der Waals surface area contributed by atoms with Gasteiger partial charge in [0.15, 0.2) is 0 Å². The van der Waals surface area contributed by atoms with Crippen LogP contribution in [-0.4, -0.2) is 31.2 Å². The average Bonchev–Trinajstić information content (AvgIpc) is 2.93. The van der Waals surface area contributed by atoms with Crippen molar-refractivity contribution in [2.45, 2.75) is 25.8 Å². The Bertz CT molecular complexity index is 1350. The van der Waals surface area contributed by atoms with Crippen molar-refractivity contribution in [2.24, 2.45) is 11.0 Å². The van der Waals surface area contributed by atoms with E-state index in [2.05, 4.69) is 15.8 Å². The van der Waals surface area contributed by atoms with Crippen molar-refractivity contribution in [2.75, 3.05) is 7.11 Å². The molecule has 0 aliphatic heterocycles. The average molecular weight is 494 g/mol. The van der Waals surface area contributed by atoms with E-state index in [1.807, 2.05) is 111 Å². The zero-order valence-electron chi connectivity index (χ0n) is 21.2. The van der Waals surface area contributed by atoms with Crippen molar-refractivity contribution >= 4 is 28.8 Å². The van der Waals surface area contributed by atoms with E-state index in [1.54, 1.807) is 13.3 Å². The maximum atomic E-state index is 13.5. The quantitative estimate of drug-likeness (QED) is 0.246. The van der Waals surface area contributed by atoms with Gasteiger partial charge in [-0.3, -0.25) is 9.59 Å².